The second kappa shape index (κ2) is 12.5. The van der Waals surface area contributed by atoms with E-state index in [4.69, 9.17) is 0 Å². The van der Waals surface area contributed by atoms with Crippen LogP contribution < -0.4 is 5.32 Å². The molecule has 0 aromatic heterocycles. The largest absolute Gasteiger partial charge is 0.478 e. The van der Waals surface area contributed by atoms with Crippen molar-refractivity contribution in [2.24, 2.45) is 11.3 Å². The van der Waals surface area contributed by atoms with Crippen molar-refractivity contribution in [3.05, 3.63) is 11.6 Å². The maximum absolute atomic E-state index is 13.7. The first-order valence-electron chi connectivity index (χ1n) is 12.5. The maximum atomic E-state index is 13.7. The molecular weight excluding hydrogens is 418 g/mol. The van der Waals surface area contributed by atoms with Crippen LogP contribution in [0.2, 0.25) is 0 Å². The van der Waals surface area contributed by atoms with Gasteiger partial charge in [0.1, 0.15) is 6.04 Å². The Hall–Kier alpha value is -1.89. The highest BCUT2D eigenvalue weighted by atomic mass is 16.4. The number of nitrogens with one attached hydrogen (secondary N) is 1. The van der Waals surface area contributed by atoms with Crippen LogP contribution in [0.3, 0.4) is 0 Å². The minimum atomic E-state index is -0.999. The van der Waals surface area contributed by atoms with Gasteiger partial charge in [0, 0.05) is 18.7 Å². The zero-order valence-corrected chi connectivity index (χ0v) is 22.3. The van der Waals surface area contributed by atoms with Crippen LogP contribution in [-0.2, 0) is 14.4 Å². The molecule has 33 heavy (non-hydrogen) atoms. The van der Waals surface area contributed by atoms with Crippen LogP contribution in [0.25, 0.3) is 0 Å². The van der Waals surface area contributed by atoms with Gasteiger partial charge in [0.15, 0.2) is 0 Å². The summed E-state index contributed by atoms with van der Waals surface area (Å²) >= 11 is 0. The highest BCUT2D eigenvalue weighted by Gasteiger charge is 2.40. The number of carboxylic acid groups (broad SMARTS) is 1. The van der Waals surface area contributed by atoms with E-state index in [9.17, 15) is 19.5 Å². The number of amides is 2. The standard InChI is InChI=1S/C26H47N3O4/c1-10-19(11-2)29-15-13-12-14-20(29)23(30)27-22(26(6,7)8)24(31)28(9)21(17(3)4)16-18(5)25(32)33/h16-17,19-22H,10-15H2,1-9H3,(H,27,30)(H,32,33)/b18-16+/t20?,21-,22?/m1/s1. The Morgan fingerprint density at radius 2 is 1.73 bits per heavy atom. The van der Waals surface area contributed by atoms with Gasteiger partial charge in [-0.1, -0.05) is 61.0 Å². The van der Waals surface area contributed by atoms with E-state index in [1.807, 2.05) is 34.6 Å². The number of hydrogen-bond acceptors (Lipinski definition) is 4. The lowest BCUT2D eigenvalue weighted by Crippen LogP contribution is -2.61. The normalized spacial score (nSPS) is 20.0. The summed E-state index contributed by atoms with van der Waals surface area (Å²) in [6, 6.07) is -0.949. The van der Waals surface area contributed by atoms with E-state index in [1.165, 1.54) is 6.92 Å². The fraction of sp³-hybridized carbons (Fsp3) is 0.808. The molecule has 3 atom stereocenters. The van der Waals surface area contributed by atoms with Gasteiger partial charge in [-0.25, -0.2) is 4.79 Å². The molecule has 7 nitrogen and oxygen atoms in total. The summed E-state index contributed by atoms with van der Waals surface area (Å²) in [6.07, 6.45) is 6.53. The number of carbonyl (C=O) groups is 3. The summed E-state index contributed by atoms with van der Waals surface area (Å²) in [4.78, 5) is 42.4. The zero-order valence-electron chi connectivity index (χ0n) is 22.3. The molecular formula is C26H47N3O4. The molecule has 1 aliphatic heterocycles. The lowest BCUT2D eigenvalue weighted by atomic mass is 9.84. The Morgan fingerprint density at radius 3 is 2.18 bits per heavy atom. The van der Waals surface area contributed by atoms with E-state index in [1.54, 1.807) is 18.0 Å². The number of carbonyl (C=O) groups excluding carboxylic acids is 2. The molecule has 0 radical (unpaired) electrons. The topological polar surface area (TPSA) is 90.0 Å². The van der Waals surface area contributed by atoms with Crippen LogP contribution in [0.4, 0.5) is 0 Å². The third-order valence-electron chi connectivity index (χ3n) is 6.89. The summed E-state index contributed by atoms with van der Waals surface area (Å²) in [7, 11) is 1.70. The number of nitrogens with zero attached hydrogens (tertiary/aromatic N) is 2. The fourth-order valence-corrected chi connectivity index (χ4v) is 4.75. The molecule has 0 aromatic rings. The number of aliphatic carboxylic acids is 1. The first-order valence-corrected chi connectivity index (χ1v) is 12.5. The van der Waals surface area contributed by atoms with E-state index < -0.39 is 17.4 Å². The Kier molecular flexibility index (Phi) is 11.1. The van der Waals surface area contributed by atoms with E-state index in [2.05, 4.69) is 24.1 Å². The monoisotopic (exact) mass is 465 g/mol. The Labute approximate surface area is 201 Å². The molecule has 2 amide bonds. The first kappa shape index (κ1) is 29.1. The lowest BCUT2D eigenvalue weighted by molar-refractivity contribution is -0.142. The Morgan fingerprint density at radius 1 is 1.15 bits per heavy atom. The minimum absolute atomic E-state index is 0.0215. The van der Waals surface area contributed by atoms with Crippen molar-refractivity contribution >= 4 is 17.8 Å². The van der Waals surface area contributed by atoms with E-state index in [-0.39, 0.29) is 35.4 Å². The van der Waals surface area contributed by atoms with Crippen molar-refractivity contribution in [1.82, 2.24) is 15.1 Å². The average Bonchev–Trinajstić information content (AvgIpc) is 2.74. The number of piperidine rings is 1. The van der Waals surface area contributed by atoms with Gasteiger partial charge >= 0.3 is 5.97 Å². The molecule has 190 valence electrons. The Balaban J connectivity index is 3.18. The van der Waals surface area contributed by atoms with Gasteiger partial charge in [-0.3, -0.25) is 14.5 Å². The van der Waals surface area contributed by atoms with Crippen LogP contribution in [-0.4, -0.2) is 70.4 Å². The van der Waals surface area contributed by atoms with Crippen molar-refractivity contribution in [2.75, 3.05) is 13.6 Å². The summed E-state index contributed by atoms with van der Waals surface area (Å²) in [5.74, 6) is -1.26. The quantitative estimate of drug-likeness (QED) is 0.475. The van der Waals surface area contributed by atoms with Crippen LogP contribution in [0, 0.1) is 11.3 Å². The fourth-order valence-electron chi connectivity index (χ4n) is 4.75. The molecule has 1 saturated heterocycles. The van der Waals surface area contributed by atoms with Gasteiger partial charge in [-0.15, -0.1) is 0 Å². The van der Waals surface area contributed by atoms with Crippen LogP contribution in [0.1, 0.15) is 87.5 Å². The van der Waals surface area contributed by atoms with E-state index in [0.29, 0.717) is 6.04 Å². The van der Waals surface area contributed by atoms with Gasteiger partial charge < -0.3 is 15.3 Å². The molecule has 1 fully saturated rings. The smallest absolute Gasteiger partial charge is 0.331 e. The third kappa shape index (κ3) is 7.83. The summed E-state index contributed by atoms with van der Waals surface area (Å²) < 4.78 is 0. The highest BCUT2D eigenvalue weighted by Crippen LogP contribution is 2.26. The first-order chi connectivity index (χ1) is 15.3. The maximum Gasteiger partial charge on any atom is 0.331 e. The number of likely N-dealkylation sites (N-methyl/N-ethyl adjacent to an activating group) is 1. The van der Waals surface area contributed by atoms with Crippen LogP contribution in [0.5, 0.6) is 0 Å². The van der Waals surface area contributed by atoms with E-state index >= 15 is 0 Å². The van der Waals surface area contributed by atoms with E-state index in [0.717, 1.165) is 38.6 Å². The third-order valence-corrected chi connectivity index (χ3v) is 6.89. The second-order valence-corrected chi connectivity index (χ2v) is 10.9. The Bertz CT molecular complexity index is 707. The number of carboxylic acids is 1. The average molecular weight is 466 g/mol. The number of hydrogen-bond donors (Lipinski definition) is 2. The molecule has 7 heteroatoms. The predicted molar refractivity (Wildman–Crippen MR) is 133 cm³/mol. The van der Waals surface area contributed by atoms with Crippen LogP contribution in [0.15, 0.2) is 11.6 Å². The van der Waals surface area contributed by atoms with Gasteiger partial charge in [-0.05, 0) is 50.5 Å². The molecule has 0 saturated carbocycles. The van der Waals surface area contributed by atoms with Crippen molar-refractivity contribution in [3.8, 4) is 0 Å². The molecule has 0 aliphatic carbocycles. The number of rotatable bonds is 10. The van der Waals surface area contributed by atoms with Crippen molar-refractivity contribution in [3.63, 3.8) is 0 Å². The van der Waals surface area contributed by atoms with Gasteiger partial charge in [0.25, 0.3) is 0 Å². The van der Waals surface area contributed by atoms with Gasteiger partial charge in [0.05, 0.1) is 12.1 Å². The summed E-state index contributed by atoms with van der Waals surface area (Å²) in [6.45, 7) is 16.5. The molecule has 2 unspecified atom stereocenters. The second-order valence-electron chi connectivity index (χ2n) is 10.9. The zero-order chi connectivity index (χ0) is 25.5. The minimum Gasteiger partial charge on any atom is -0.478 e. The van der Waals surface area contributed by atoms with Crippen molar-refractivity contribution in [2.45, 2.75) is 112 Å². The predicted octanol–water partition coefficient (Wildman–Crippen LogP) is 4.07. The van der Waals surface area contributed by atoms with Crippen molar-refractivity contribution < 1.29 is 19.5 Å². The molecule has 0 aromatic carbocycles. The molecule has 1 rings (SSSR count). The van der Waals surface area contributed by atoms with Crippen molar-refractivity contribution in [1.29, 1.82) is 0 Å². The molecule has 1 aliphatic rings. The highest BCUT2D eigenvalue weighted by molar-refractivity contribution is 5.91. The lowest BCUT2D eigenvalue weighted by Gasteiger charge is -2.42. The summed E-state index contributed by atoms with van der Waals surface area (Å²) in [5, 5.41) is 12.4. The molecule has 1 heterocycles. The summed E-state index contributed by atoms with van der Waals surface area (Å²) in [5.41, 5.74) is -0.296. The SMILES string of the molecule is CCC(CC)N1CCCCC1C(=O)NC(C(=O)N(C)[C@H](/C=C(\C)C(=O)O)C(C)C)C(C)(C)C. The molecule has 0 bridgehead atoms. The van der Waals surface area contributed by atoms with Gasteiger partial charge in [0.2, 0.25) is 11.8 Å². The number of likely N-dealkylation sites (tertiary alicyclic amines) is 1. The van der Waals surface area contributed by atoms with Gasteiger partial charge in [-0.2, -0.15) is 0 Å². The molecule has 2 N–H and O–H groups in total. The molecule has 0 spiro atoms. The van der Waals surface area contributed by atoms with Crippen LogP contribution >= 0.6 is 0 Å².